The van der Waals surface area contributed by atoms with Crippen LogP contribution in [-0.2, 0) is 0 Å². The van der Waals surface area contributed by atoms with Gasteiger partial charge in [-0.05, 0) is 57.1 Å². The molecule has 0 aliphatic heterocycles. The minimum Gasteiger partial charge on any atom is -0.478 e. The van der Waals surface area contributed by atoms with Crippen LogP contribution >= 0.6 is 0 Å². The van der Waals surface area contributed by atoms with Crippen molar-refractivity contribution in [3.8, 4) is 44.5 Å². The highest BCUT2D eigenvalue weighted by Crippen LogP contribution is 2.44. The van der Waals surface area contributed by atoms with E-state index in [9.17, 15) is 39.6 Å². The van der Waals surface area contributed by atoms with Crippen LogP contribution in [0.2, 0.25) is 0 Å². The van der Waals surface area contributed by atoms with E-state index in [1.54, 1.807) is 24.3 Å². The molecule has 5 rings (SSSR count). The van der Waals surface area contributed by atoms with Crippen molar-refractivity contribution >= 4 is 23.9 Å². The van der Waals surface area contributed by atoms with Gasteiger partial charge in [-0.3, -0.25) is 0 Å². The molecule has 0 heterocycles. The Labute approximate surface area is 239 Å². The highest BCUT2D eigenvalue weighted by molar-refractivity contribution is 6.12. The summed E-state index contributed by atoms with van der Waals surface area (Å²) in [5, 5.41) is 39.5. The second-order valence-corrected chi connectivity index (χ2v) is 9.35. The van der Waals surface area contributed by atoms with Crippen LogP contribution in [-0.4, -0.2) is 44.3 Å². The lowest BCUT2D eigenvalue weighted by Gasteiger charge is -2.20. The first kappa shape index (κ1) is 27.5. The van der Waals surface area contributed by atoms with Gasteiger partial charge in [-0.15, -0.1) is 0 Å². The first-order chi connectivity index (χ1) is 20.2. The molecule has 0 aliphatic rings. The molecule has 5 aromatic carbocycles. The number of carboxylic acids is 4. The maximum absolute atomic E-state index is 12.7. The topological polar surface area (TPSA) is 149 Å². The third-order valence-electron chi connectivity index (χ3n) is 6.94. The van der Waals surface area contributed by atoms with Crippen molar-refractivity contribution in [2.75, 3.05) is 0 Å². The van der Waals surface area contributed by atoms with Gasteiger partial charge in [0.05, 0.1) is 22.3 Å². The fraction of sp³-hybridized carbons (Fsp3) is 0. The average Bonchev–Trinajstić information content (AvgIpc) is 3.00. The zero-order valence-electron chi connectivity index (χ0n) is 21.8. The molecular formula is C34H22O8. The van der Waals surface area contributed by atoms with E-state index in [0.717, 1.165) is 34.9 Å². The Hall–Kier alpha value is -6.02. The first-order valence-corrected chi connectivity index (χ1v) is 12.7. The lowest BCUT2D eigenvalue weighted by atomic mass is 9.82. The van der Waals surface area contributed by atoms with Gasteiger partial charge in [0.1, 0.15) is 0 Å². The van der Waals surface area contributed by atoms with Gasteiger partial charge >= 0.3 is 23.9 Å². The maximum atomic E-state index is 12.7. The molecule has 0 aromatic heterocycles. The van der Waals surface area contributed by atoms with Gasteiger partial charge in [0.2, 0.25) is 0 Å². The fourth-order valence-electron chi connectivity index (χ4n) is 5.12. The van der Waals surface area contributed by atoms with E-state index < -0.39 is 46.1 Å². The Balaban J connectivity index is 1.89. The lowest BCUT2D eigenvalue weighted by molar-refractivity contribution is 0.0651. The van der Waals surface area contributed by atoms with E-state index in [2.05, 4.69) is 0 Å². The summed E-state index contributed by atoms with van der Waals surface area (Å²) in [5.74, 6) is -5.85. The Morgan fingerprint density at radius 1 is 0.381 bits per heavy atom. The molecule has 0 saturated carbocycles. The van der Waals surface area contributed by atoms with Crippen molar-refractivity contribution in [1.82, 2.24) is 0 Å². The monoisotopic (exact) mass is 558 g/mol. The van der Waals surface area contributed by atoms with E-state index >= 15 is 0 Å². The highest BCUT2D eigenvalue weighted by Gasteiger charge is 2.27. The molecule has 0 bridgehead atoms. The Morgan fingerprint density at radius 3 is 1.45 bits per heavy atom. The molecule has 42 heavy (non-hydrogen) atoms. The Kier molecular flexibility index (Phi) is 7.36. The largest absolute Gasteiger partial charge is 0.478 e. The third kappa shape index (κ3) is 5.00. The maximum Gasteiger partial charge on any atom is 0.337 e. The van der Waals surface area contributed by atoms with Gasteiger partial charge in [-0.1, -0.05) is 91.0 Å². The van der Waals surface area contributed by atoms with Crippen molar-refractivity contribution in [1.29, 1.82) is 0 Å². The Morgan fingerprint density at radius 2 is 0.881 bits per heavy atom. The zero-order chi connectivity index (χ0) is 30.0. The number of benzene rings is 5. The van der Waals surface area contributed by atoms with Gasteiger partial charge in [0, 0.05) is 5.56 Å². The Bertz CT molecular complexity index is 1890. The number of rotatable bonds is 8. The van der Waals surface area contributed by atoms with Crippen LogP contribution in [0.5, 0.6) is 0 Å². The van der Waals surface area contributed by atoms with E-state index in [4.69, 9.17) is 0 Å². The van der Waals surface area contributed by atoms with Crippen LogP contribution in [0.15, 0.2) is 109 Å². The summed E-state index contributed by atoms with van der Waals surface area (Å²) in [6, 6.07) is 30.3. The first-order valence-electron chi connectivity index (χ1n) is 12.7. The van der Waals surface area contributed by atoms with E-state index in [-0.39, 0.29) is 16.7 Å². The zero-order valence-corrected chi connectivity index (χ0v) is 21.8. The molecule has 0 unspecified atom stereocenters. The number of carbonyl (C=O) groups is 4. The molecule has 0 spiro atoms. The van der Waals surface area contributed by atoms with E-state index in [1.165, 1.54) is 12.1 Å². The summed E-state index contributed by atoms with van der Waals surface area (Å²) < 4.78 is 0. The van der Waals surface area contributed by atoms with Gasteiger partial charge in [0.25, 0.3) is 0 Å². The van der Waals surface area contributed by atoms with Crippen LogP contribution in [0, 0.1) is 0 Å². The molecule has 4 N–H and O–H groups in total. The second kappa shape index (κ2) is 11.2. The molecule has 0 aliphatic carbocycles. The molecule has 206 valence electrons. The predicted molar refractivity (Wildman–Crippen MR) is 156 cm³/mol. The summed E-state index contributed by atoms with van der Waals surface area (Å²) in [6.07, 6.45) is 0. The minimum atomic E-state index is -1.49. The average molecular weight is 559 g/mol. The standard InChI is InChI=1S/C34H22O8/c35-31(36)26-15-14-20(18-28(26)33(39)40)22-16-17-27(32(37)38)30(34(41)42)29(22)25-13-7-6-12-24(25)23-11-5-4-10-21(23)19-8-2-1-3-9-19/h1-18H,(H,35,36)(H,37,38)(H,39,40)(H,41,42). The van der Waals surface area contributed by atoms with Gasteiger partial charge in [0.15, 0.2) is 0 Å². The normalized spacial score (nSPS) is 10.7. The molecule has 0 fully saturated rings. The fourth-order valence-corrected chi connectivity index (χ4v) is 5.12. The van der Waals surface area contributed by atoms with Crippen molar-refractivity contribution in [2.24, 2.45) is 0 Å². The predicted octanol–water partition coefficient (Wildman–Crippen LogP) is 7.15. The molecule has 0 atom stereocenters. The summed E-state index contributed by atoms with van der Waals surface area (Å²) in [7, 11) is 0. The summed E-state index contributed by atoms with van der Waals surface area (Å²) >= 11 is 0. The van der Waals surface area contributed by atoms with Crippen LogP contribution < -0.4 is 0 Å². The number of hydrogen-bond donors (Lipinski definition) is 4. The summed E-state index contributed by atoms with van der Waals surface area (Å²) in [4.78, 5) is 48.6. The van der Waals surface area contributed by atoms with Crippen molar-refractivity contribution < 1.29 is 39.6 Å². The molecule has 0 amide bonds. The molecule has 8 nitrogen and oxygen atoms in total. The molecule has 8 heteroatoms. The van der Waals surface area contributed by atoms with Gasteiger partial charge in [-0.25, -0.2) is 19.2 Å². The smallest absolute Gasteiger partial charge is 0.337 e. The van der Waals surface area contributed by atoms with Gasteiger partial charge < -0.3 is 20.4 Å². The molecule has 0 saturated heterocycles. The van der Waals surface area contributed by atoms with Crippen LogP contribution in [0.4, 0.5) is 0 Å². The lowest BCUT2D eigenvalue weighted by Crippen LogP contribution is -2.12. The summed E-state index contributed by atoms with van der Waals surface area (Å²) in [6.45, 7) is 0. The SMILES string of the molecule is O=C(O)c1ccc(-c2ccc(C(=O)O)c(C(=O)O)c2-c2ccccc2-c2ccccc2-c2ccccc2)cc1C(=O)O. The molecule has 0 radical (unpaired) electrons. The van der Waals surface area contributed by atoms with Crippen molar-refractivity contribution in [3.63, 3.8) is 0 Å². The third-order valence-corrected chi connectivity index (χ3v) is 6.94. The molecular weight excluding hydrogens is 536 g/mol. The number of aromatic carboxylic acids is 4. The van der Waals surface area contributed by atoms with Crippen molar-refractivity contribution in [2.45, 2.75) is 0 Å². The second-order valence-electron chi connectivity index (χ2n) is 9.35. The minimum absolute atomic E-state index is 0.0558. The number of carboxylic acid groups (broad SMARTS) is 4. The number of hydrogen-bond acceptors (Lipinski definition) is 4. The summed E-state index contributed by atoms with van der Waals surface area (Å²) in [5.41, 5.74) is 2.16. The van der Waals surface area contributed by atoms with Gasteiger partial charge in [-0.2, -0.15) is 0 Å². The van der Waals surface area contributed by atoms with E-state index in [1.807, 2.05) is 54.6 Å². The van der Waals surface area contributed by atoms with Crippen LogP contribution in [0.3, 0.4) is 0 Å². The molecule has 5 aromatic rings. The van der Waals surface area contributed by atoms with Crippen LogP contribution in [0.25, 0.3) is 44.5 Å². The van der Waals surface area contributed by atoms with E-state index in [0.29, 0.717) is 11.1 Å². The van der Waals surface area contributed by atoms with Crippen molar-refractivity contribution in [3.05, 3.63) is 131 Å². The quantitative estimate of drug-likeness (QED) is 0.157. The van der Waals surface area contributed by atoms with Crippen LogP contribution in [0.1, 0.15) is 41.4 Å². The highest BCUT2D eigenvalue weighted by atomic mass is 16.4.